The van der Waals surface area contributed by atoms with Crippen molar-refractivity contribution >= 4 is 10.0 Å². The van der Waals surface area contributed by atoms with Gasteiger partial charge >= 0.3 is 0 Å². The first-order valence-electron chi connectivity index (χ1n) is 7.71. The first-order chi connectivity index (χ1) is 10.6. The van der Waals surface area contributed by atoms with Crippen molar-refractivity contribution in [1.82, 2.24) is 9.21 Å². The van der Waals surface area contributed by atoms with Crippen LogP contribution in [-0.2, 0) is 16.6 Å². The van der Waals surface area contributed by atoms with Crippen LogP contribution in [0.1, 0.15) is 24.0 Å². The molecule has 0 atom stereocenters. The summed E-state index contributed by atoms with van der Waals surface area (Å²) >= 11 is 0. The lowest BCUT2D eigenvalue weighted by Gasteiger charge is -2.38. The van der Waals surface area contributed by atoms with Gasteiger partial charge < -0.3 is 5.11 Å². The Hall–Kier alpha value is -1.02. The maximum atomic E-state index is 13.4. The summed E-state index contributed by atoms with van der Waals surface area (Å²) < 4.78 is 38.5. The van der Waals surface area contributed by atoms with Gasteiger partial charge in [-0.15, -0.1) is 0 Å². The molecule has 130 valence electrons. The monoisotopic (exact) mass is 344 g/mol. The average Bonchev–Trinajstić information content (AvgIpc) is 2.39. The Kier molecular flexibility index (Phi) is 5.45. The lowest BCUT2D eigenvalue weighted by atomic mass is 9.93. The summed E-state index contributed by atoms with van der Waals surface area (Å²) in [6.45, 7) is 3.65. The van der Waals surface area contributed by atoms with E-state index in [1.165, 1.54) is 26.2 Å². The molecule has 1 aliphatic heterocycles. The molecule has 1 aromatic carbocycles. The van der Waals surface area contributed by atoms with Crippen molar-refractivity contribution < 1.29 is 17.9 Å². The molecule has 5 nitrogen and oxygen atoms in total. The third-order valence-corrected chi connectivity index (χ3v) is 6.32. The normalized spacial score (nSPS) is 19.2. The molecule has 0 bridgehead atoms. The van der Waals surface area contributed by atoms with E-state index in [1.807, 2.05) is 13.0 Å². The Morgan fingerprint density at radius 1 is 1.26 bits per heavy atom. The fourth-order valence-electron chi connectivity index (χ4n) is 2.90. The zero-order valence-corrected chi connectivity index (χ0v) is 14.7. The standard InChI is InChI=1S/C16H25FN2O3S/c1-13-8-14(10-15(17)9-13)11-19-6-4-16(20,5-7-19)12-23(21,22)18(2)3/h8-10,20H,4-7,11-12H2,1-3H3. The molecule has 0 aliphatic carbocycles. The average molecular weight is 344 g/mol. The molecule has 1 N–H and O–H groups in total. The molecule has 0 aromatic heterocycles. The van der Waals surface area contributed by atoms with E-state index in [0.29, 0.717) is 32.5 Å². The summed E-state index contributed by atoms with van der Waals surface area (Å²) in [6, 6.07) is 4.95. The lowest BCUT2D eigenvalue weighted by molar-refractivity contribution is -0.00509. The van der Waals surface area contributed by atoms with E-state index in [2.05, 4.69) is 4.90 Å². The molecule has 2 rings (SSSR count). The lowest BCUT2D eigenvalue weighted by Crippen LogP contribution is -2.49. The number of halogens is 1. The van der Waals surface area contributed by atoms with Crippen molar-refractivity contribution in [2.45, 2.75) is 31.9 Å². The third-order valence-electron chi connectivity index (χ3n) is 4.30. The van der Waals surface area contributed by atoms with Gasteiger partial charge in [-0.25, -0.2) is 17.1 Å². The SMILES string of the molecule is Cc1cc(F)cc(CN2CCC(O)(CS(=O)(=O)N(C)C)CC2)c1. The third kappa shape index (κ3) is 4.97. The van der Waals surface area contributed by atoms with Gasteiger partial charge in [-0.2, -0.15) is 0 Å². The van der Waals surface area contributed by atoms with E-state index >= 15 is 0 Å². The topological polar surface area (TPSA) is 60.9 Å². The Bertz CT molecular complexity index is 633. The molecule has 7 heteroatoms. The van der Waals surface area contributed by atoms with E-state index in [-0.39, 0.29) is 11.6 Å². The van der Waals surface area contributed by atoms with Gasteiger partial charge in [-0.1, -0.05) is 6.07 Å². The van der Waals surface area contributed by atoms with Crippen molar-refractivity contribution in [1.29, 1.82) is 0 Å². The largest absolute Gasteiger partial charge is 0.389 e. The minimum atomic E-state index is -3.43. The smallest absolute Gasteiger partial charge is 0.216 e. The van der Waals surface area contributed by atoms with Crippen molar-refractivity contribution in [3.05, 3.63) is 35.1 Å². The molecule has 1 saturated heterocycles. The predicted molar refractivity (Wildman–Crippen MR) is 88.1 cm³/mol. The highest BCUT2D eigenvalue weighted by atomic mass is 32.2. The number of likely N-dealkylation sites (tertiary alicyclic amines) is 1. The van der Waals surface area contributed by atoms with Gasteiger partial charge in [0.2, 0.25) is 10.0 Å². The van der Waals surface area contributed by atoms with Crippen molar-refractivity contribution in [2.75, 3.05) is 32.9 Å². The van der Waals surface area contributed by atoms with Crippen LogP contribution in [0.15, 0.2) is 18.2 Å². The van der Waals surface area contributed by atoms with E-state index in [4.69, 9.17) is 0 Å². The fraction of sp³-hybridized carbons (Fsp3) is 0.625. The number of hydrogen-bond donors (Lipinski definition) is 1. The fourth-order valence-corrected chi connectivity index (χ4v) is 4.13. The maximum Gasteiger partial charge on any atom is 0.216 e. The molecular weight excluding hydrogens is 319 g/mol. The maximum absolute atomic E-state index is 13.4. The van der Waals surface area contributed by atoms with Gasteiger partial charge in [0.15, 0.2) is 0 Å². The van der Waals surface area contributed by atoms with E-state index in [9.17, 15) is 17.9 Å². The molecule has 23 heavy (non-hydrogen) atoms. The highest BCUT2D eigenvalue weighted by Gasteiger charge is 2.37. The quantitative estimate of drug-likeness (QED) is 0.876. The zero-order chi connectivity index (χ0) is 17.3. The van der Waals surface area contributed by atoms with Gasteiger partial charge in [0.1, 0.15) is 5.82 Å². The molecule has 0 amide bonds. The van der Waals surface area contributed by atoms with Gasteiger partial charge in [0.25, 0.3) is 0 Å². The summed E-state index contributed by atoms with van der Waals surface area (Å²) in [4.78, 5) is 2.12. The second kappa shape index (κ2) is 6.84. The number of hydrogen-bond acceptors (Lipinski definition) is 4. The van der Waals surface area contributed by atoms with E-state index in [0.717, 1.165) is 15.4 Å². The van der Waals surface area contributed by atoms with Crippen LogP contribution >= 0.6 is 0 Å². The molecule has 1 aromatic rings. The van der Waals surface area contributed by atoms with E-state index in [1.54, 1.807) is 0 Å². The first-order valence-corrected chi connectivity index (χ1v) is 9.32. The number of nitrogens with zero attached hydrogens (tertiary/aromatic N) is 2. The van der Waals surface area contributed by atoms with Crippen molar-refractivity contribution in [2.24, 2.45) is 0 Å². The number of benzene rings is 1. The van der Waals surface area contributed by atoms with Crippen LogP contribution in [0.25, 0.3) is 0 Å². The van der Waals surface area contributed by atoms with E-state index < -0.39 is 15.6 Å². The second-order valence-corrected chi connectivity index (χ2v) is 8.86. The number of aliphatic hydroxyl groups is 1. The van der Waals surface area contributed by atoms with Crippen molar-refractivity contribution in [3.63, 3.8) is 0 Å². The summed E-state index contributed by atoms with van der Waals surface area (Å²) in [7, 11) is -0.484. The van der Waals surface area contributed by atoms with Crippen LogP contribution in [0.2, 0.25) is 0 Å². The van der Waals surface area contributed by atoms with Crippen LogP contribution in [0.4, 0.5) is 4.39 Å². The minimum absolute atomic E-state index is 0.245. The van der Waals surface area contributed by atoms with Gasteiger partial charge in [0, 0.05) is 33.7 Å². The van der Waals surface area contributed by atoms with Crippen LogP contribution in [0.3, 0.4) is 0 Å². The van der Waals surface area contributed by atoms with Gasteiger partial charge in [-0.05, 0) is 43.0 Å². The van der Waals surface area contributed by atoms with Crippen LogP contribution in [0, 0.1) is 12.7 Å². The molecule has 1 heterocycles. The Morgan fingerprint density at radius 3 is 2.39 bits per heavy atom. The molecule has 0 saturated carbocycles. The molecule has 0 radical (unpaired) electrons. The molecule has 0 unspecified atom stereocenters. The summed E-state index contributed by atoms with van der Waals surface area (Å²) in [5.41, 5.74) is 0.594. The highest BCUT2D eigenvalue weighted by molar-refractivity contribution is 7.89. The van der Waals surface area contributed by atoms with Gasteiger partial charge in [0.05, 0.1) is 11.4 Å². The summed E-state index contributed by atoms with van der Waals surface area (Å²) in [5.74, 6) is -0.495. The number of aryl methyl sites for hydroxylation is 1. The molecule has 1 fully saturated rings. The molecule has 0 spiro atoms. The van der Waals surface area contributed by atoms with Crippen LogP contribution in [-0.4, -0.2) is 61.3 Å². The molecule has 1 aliphatic rings. The predicted octanol–water partition coefficient (Wildman–Crippen LogP) is 1.35. The summed E-state index contributed by atoms with van der Waals surface area (Å²) in [5, 5.41) is 10.5. The Balaban J connectivity index is 1.95. The van der Waals surface area contributed by atoms with Crippen LogP contribution < -0.4 is 0 Å². The number of rotatable bonds is 5. The second-order valence-electron chi connectivity index (χ2n) is 6.68. The minimum Gasteiger partial charge on any atom is -0.389 e. The van der Waals surface area contributed by atoms with Crippen LogP contribution in [0.5, 0.6) is 0 Å². The Labute approximate surface area is 137 Å². The first kappa shape index (κ1) is 18.3. The van der Waals surface area contributed by atoms with Gasteiger partial charge in [-0.3, -0.25) is 4.90 Å². The van der Waals surface area contributed by atoms with Crippen molar-refractivity contribution in [3.8, 4) is 0 Å². The summed E-state index contributed by atoms with van der Waals surface area (Å²) in [6.07, 6.45) is 0.794. The number of sulfonamides is 1. The number of piperidine rings is 1. The Morgan fingerprint density at radius 2 is 1.87 bits per heavy atom. The highest BCUT2D eigenvalue weighted by Crippen LogP contribution is 2.26. The molecular formula is C16H25FN2O3S. The zero-order valence-electron chi connectivity index (χ0n) is 13.9.